The van der Waals surface area contributed by atoms with Gasteiger partial charge in [0.1, 0.15) is 0 Å². The van der Waals surface area contributed by atoms with Gasteiger partial charge in [0.15, 0.2) is 5.82 Å². The van der Waals surface area contributed by atoms with Crippen LogP contribution in [-0.4, -0.2) is 37.4 Å². The summed E-state index contributed by atoms with van der Waals surface area (Å²) in [6.07, 6.45) is 2.50. The van der Waals surface area contributed by atoms with E-state index in [1.54, 1.807) is 4.68 Å². The Hall–Kier alpha value is -1.48. The topological polar surface area (TPSA) is 110 Å². The van der Waals surface area contributed by atoms with E-state index in [9.17, 15) is 0 Å². The largest absolute Gasteiger partial charge is 0.451 e. The van der Waals surface area contributed by atoms with Gasteiger partial charge in [0, 0.05) is 5.02 Å². The summed E-state index contributed by atoms with van der Waals surface area (Å²) >= 11 is 5.91. The van der Waals surface area contributed by atoms with Crippen molar-refractivity contribution in [3.05, 3.63) is 40.7 Å². The summed E-state index contributed by atoms with van der Waals surface area (Å²) in [6, 6.07) is 7.19. The second-order valence-corrected chi connectivity index (χ2v) is 6.02. The lowest BCUT2D eigenvalue weighted by Crippen LogP contribution is -2.20. The van der Waals surface area contributed by atoms with Gasteiger partial charge in [-0.05, 0) is 47.8 Å². The number of nitrogens with zero attached hydrogens (tertiary/aromatic N) is 4. The van der Waals surface area contributed by atoms with Crippen LogP contribution in [0.1, 0.15) is 49.7 Å². The maximum Gasteiger partial charge on any atom is 0.451 e. The van der Waals surface area contributed by atoms with Gasteiger partial charge in [-0.2, -0.15) is 0 Å². The molecule has 0 fully saturated rings. The van der Waals surface area contributed by atoms with Crippen molar-refractivity contribution >= 4 is 18.7 Å². The minimum Gasteiger partial charge on any atom is -0.427 e. The van der Waals surface area contributed by atoms with E-state index in [1.807, 2.05) is 31.2 Å². The zero-order valence-corrected chi connectivity index (χ0v) is 13.8. The van der Waals surface area contributed by atoms with E-state index in [-0.39, 0.29) is 12.1 Å². The number of halogens is 1. The molecule has 124 valence electrons. The smallest absolute Gasteiger partial charge is 0.427 e. The van der Waals surface area contributed by atoms with Gasteiger partial charge < -0.3 is 15.8 Å². The molecule has 1 aromatic carbocycles. The van der Waals surface area contributed by atoms with Crippen LogP contribution in [0.2, 0.25) is 11.3 Å². The summed E-state index contributed by atoms with van der Waals surface area (Å²) in [7, 11) is -1.26. The Labute approximate surface area is 140 Å². The van der Waals surface area contributed by atoms with Gasteiger partial charge in [-0.25, -0.2) is 4.68 Å². The number of hydrogen-bond acceptors (Lipinski definition) is 6. The standard InChI is InChI=1S/C14H21BClN5O2/c1-10(11-5-7-12(16)8-6-11)21-14(18-19-20-21)13(17)4-2-3-9-15(22)23/h5-8,10,13,22-23H,2-4,9,17H2,1H3. The number of rotatable bonds is 8. The SMILES string of the molecule is CC(c1ccc(Cl)cc1)n1nnnc1C(N)CCCCB(O)O. The van der Waals surface area contributed by atoms with Crippen LogP contribution in [0.5, 0.6) is 0 Å². The first kappa shape index (κ1) is 17.9. The van der Waals surface area contributed by atoms with Gasteiger partial charge >= 0.3 is 7.12 Å². The van der Waals surface area contributed by atoms with Crippen LogP contribution >= 0.6 is 11.6 Å². The molecule has 1 heterocycles. The lowest BCUT2D eigenvalue weighted by Gasteiger charge is -2.17. The van der Waals surface area contributed by atoms with Crippen molar-refractivity contribution < 1.29 is 10.0 Å². The number of tetrazole rings is 1. The summed E-state index contributed by atoms with van der Waals surface area (Å²) in [6.45, 7) is 2.00. The molecular weight excluding hydrogens is 316 g/mol. The van der Waals surface area contributed by atoms with Crippen LogP contribution < -0.4 is 5.73 Å². The number of aromatic nitrogens is 4. The molecule has 0 spiro atoms. The van der Waals surface area contributed by atoms with E-state index in [2.05, 4.69) is 15.5 Å². The Morgan fingerprint density at radius 1 is 1.26 bits per heavy atom. The fourth-order valence-electron chi connectivity index (χ4n) is 2.42. The third kappa shape index (κ3) is 5.00. The summed E-state index contributed by atoms with van der Waals surface area (Å²) in [4.78, 5) is 0. The molecular formula is C14H21BClN5O2. The van der Waals surface area contributed by atoms with Crippen molar-refractivity contribution in [3.63, 3.8) is 0 Å². The van der Waals surface area contributed by atoms with E-state index in [4.69, 9.17) is 27.4 Å². The summed E-state index contributed by atoms with van der Waals surface area (Å²) < 4.78 is 1.72. The second kappa shape index (κ2) is 8.40. The van der Waals surface area contributed by atoms with Crippen molar-refractivity contribution in [3.8, 4) is 0 Å². The molecule has 2 rings (SSSR count). The third-order valence-electron chi connectivity index (χ3n) is 3.80. The van der Waals surface area contributed by atoms with E-state index in [0.29, 0.717) is 30.0 Å². The Morgan fingerprint density at radius 2 is 1.96 bits per heavy atom. The number of benzene rings is 1. The Bertz CT molecular complexity index is 607. The Morgan fingerprint density at radius 3 is 2.61 bits per heavy atom. The van der Waals surface area contributed by atoms with Crippen molar-refractivity contribution in [2.24, 2.45) is 5.73 Å². The molecule has 4 N–H and O–H groups in total. The fourth-order valence-corrected chi connectivity index (χ4v) is 2.55. The zero-order valence-electron chi connectivity index (χ0n) is 13.0. The normalized spacial score (nSPS) is 13.8. The molecule has 7 nitrogen and oxygen atoms in total. The molecule has 0 aliphatic heterocycles. The minimum absolute atomic E-state index is 0.0532. The first-order chi connectivity index (χ1) is 11.0. The molecule has 0 aliphatic rings. The van der Waals surface area contributed by atoms with Crippen LogP contribution in [0.25, 0.3) is 0 Å². The highest BCUT2D eigenvalue weighted by Crippen LogP contribution is 2.23. The molecule has 1 aromatic heterocycles. The van der Waals surface area contributed by atoms with Crippen molar-refractivity contribution in [1.29, 1.82) is 0 Å². The monoisotopic (exact) mass is 337 g/mol. The van der Waals surface area contributed by atoms with Crippen LogP contribution in [0.3, 0.4) is 0 Å². The van der Waals surface area contributed by atoms with Crippen molar-refractivity contribution in [2.75, 3.05) is 0 Å². The molecule has 2 atom stereocenters. The van der Waals surface area contributed by atoms with E-state index >= 15 is 0 Å². The van der Waals surface area contributed by atoms with Gasteiger partial charge in [-0.3, -0.25) is 0 Å². The lowest BCUT2D eigenvalue weighted by atomic mass is 9.83. The molecule has 9 heteroatoms. The van der Waals surface area contributed by atoms with Gasteiger partial charge in [0.25, 0.3) is 0 Å². The van der Waals surface area contributed by atoms with Crippen molar-refractivity contribution in [1.82, 2.24) is 20.2 Å². The summed E-state index contributed by atoms with van der Waals surface area (Å²) in [5, 5.41) is 30.2. The minimum atomic E-state index is -1.26. The Balaban J connectivity index is 2.02. The summed E-state index contributed by atoms with van der Waals surface area (Å²) in [5.41, 5.74) is 7.23. The highest BCUT2D eigenvalue weighted by atomic mass is 35.5. The van der Waals surface area contributed by atoms with Gasteiger partial charge in [0.2, 0.25) is 0 Å². The van der Waals surface area contributed by atoms with Gasteiger partial charge in [-0.1, -0.05) is 36.6 Å². The lowest BCUT2D eigenvalue weighted by molar-refractivity contribution is 0.400. The van der Waals surface area contributed by atoms with Gasteiger partial charge in [0.05, 0.1) is 12.1 Å². The molecule has 0 radical (unpaired) electrons. The molecule has 2 aromatic rings. The fraction of sp³-hybridized carbons (Fsp3) is 0.500. The Kier molecular flexibility index (Phi) is 6.53. The van der Waals surface area contributed by atoms with Gasteiger partial charge in [-0.15, -0.1) is 5.10 Å². The highest BCUT2D eigenvalue weighted by molar-refractivity contribution is 6.40. The molecule has 0 amide bonds. The van der Waals surface area contributed by atoms with Crippen LogP contribution in [0.4, 0.5) is 0 Å². The number of unbranched alkanes of at least 4 members (excludes halogenated alkanes) is 1. The zero-order chi connectivity index (χ0) is 16.8. The molecule has 23 heavy (non-hydrogen) atoms. The van der Waals surface area contributed by atoms with Crippen molar-refractivity contribution in [2.45, 2.75) is 44.6 Å². The first-order valence-electron chi connectivity index (χ1n) is 7.64. The quantitative estimate of drug-likeness (QED) is 0.498. The van der Waals surface area contributed by atoms with E-state index in [0.717, 1.165) is 12.0 Å². The maximum atomic E-state index is 8.84. The van der Waals surface area contributed by atoms with E-state index in [1.165, 1.54) is 0 Å². The molecule has 0 saturated carbocycles. The molecule has 2 unspecified atom stereocenters. The maximum absolute atomic E-state index is 8.84. The highest BCUT2D eigenvalue weighted by Gasteiger charge is 2.20. The van der Waals surface area contributed by atoms with Crippen LogP contribution in [0.15, 0.2) is 24.3 Å². The number of hydrogen-bond donors (Lipinski definition) is 3. The summed E-state index contributed by atoms with van der Waals surface area (Å²) in [5.74, 6) is 0.622. The predicted octanol–water partition coefficient (Wildman–Crippen LogP) is 1.58. The predicted molar refractivity (Wildman–Crippen MR) is 88.9 cm³/mol. The molecule has 0 bridgehead atoms. The van der Waals surface area contributed by atoms with E-state index < -0.39 is 7.12 Å². The third-order valence-corrected chi connectivity index (χ3v) is 4.05. The second-order valence-electron chi connectivity index (χ2n) is 5.58. The average molecular weight is 338 g/mol. The first-order valence-corrected chi connectivity index (χ1v) is 8.01. The van der Waals surface area contributed by atoms with Crippen LogP contribution in [0, 0.1) is 0 Å². The van der Waals surface area contributed by atoms with Crippen LogP contribution in [-0.2, 0) is 0 Å². The average Bonchev–Trinajstić information content (AvgIpc) is 3.01. The molecule has 0 saturated heterocycles. The number of nitrogens with two attached hydrogens (primary N) is 1. The molecule has 0 aliphatic carbocycles.